The molecule has 0 rings (SSSR count). The van der Waals surface area contributed by atoms with Gasteiger partial charge in [-0.3, -0.25) is 4.90 Å². The molecule has 0 saturated heterocycles. The first-order valence-electron chi connectivity index (χ1n) is 4.57. The van der Waals surface area contributed by atoms with Crippen LogP contribution in [-0.2, 0) is 0 Å². The Labute approximate surface area is 86.3 Å². The number of rotatable bonds is 7. The van der Waals surface area contributed by atoms with Gasteiger partial charge in [-0.2, -0.15) is 0 Å². The summed E-state index contributed by atoms with van der Waals surface area (Å²) >= 11 is 4.60. The highest BCUT2D eigenvalue weighted by molar-refractivity contribution is 7.80. The number of nitrogens with zero attached hydrogens (tertiary/aromatic N) is 2. The molecule has 4 heteroatoms. The monoisotopic (exact) mass is 204 g/mol. The second kappa shape index (κ2) is 7.24. The van der Waals surface area contributed by atoms with Gasteiger partial charge in [0.05, 0.1) is 6.54 Å². The Morgan fingerprint density at radius 1 is 1.15 bits per heavy atom. The number of aliphatic hydroxyl groups is 1. The van der Waals surface area contributed by atoms with Gasteiger partial charge in [0, 0.05) is 0 Å². The van der Waals surface area contributed by atoms with Gasteiger partial charge < -0.3 is 10.0 Å². The third kappa shape index (κ3) is 9.73. The van der Waals surface area contributed by atoms with Gasteiger partial charge in [-0.1, -0.05) is 0 Å². The van der Waals surface area contributed by atoms with Crippen molar-refractivity contribution in [2.45, 2.75) is 12.8 Å². The predicted molar refractivity (Wildman–Crippen MR) is 60.5 cm³/mol. The highest BCUT2D eigenvalue weighted by Gasteiger charge is 2.00. The molecule has 0 aromatic rings. The number of hydrogen-bond acceptors (Lipinski definition) is 3. The van der Waals surface area contributed by atoms with E-state index in [1.165, 1.54) is 6.42 Å². The van der Waals surface area contributed by atoms with E-state index < -0.39 is 0 Å². The Bertz CT molecular complexity index is 151. The van der Waals surface area contributed by atoms with E-state index in [2.05, 4.69) is 31.2 Å². The van der Waals surface area contributed by atoms with Gasteiger partial charge in [0.1, 0.15) is 0 Å². The molecule has 0 saturated carbocycles. The van der Waals surface area contributed by atoms with Crippen molar-refractivity contribution < 1.29 is 5.11 Å². The van der Waals surface area contributed by atoms with Crippen molar-refractivity contribution in [2.24, 2.45) is 0 Å². The molecular formula is C9H20N2OS. The van der Waals surface area contributed by atoms with Crippen molar-refractivity contribution in [3.63, 3.8) is 0 Å². The van der Waals surface area contributed by atoms with Crippen LogP contribution in [0, 0.1) is 0 Å². The number of thiocarbonyl (C=S) groups is 1. The molecule has 3 nitrogen and oxygen atoms in total. The summed E-state index contributed by atoms with van der Waals surface area (Å²) in [5.41, 5.74) is 0. The topological polar surface area (TPSA) is 26.7 Å². The minimum Gasteiger partial charge on any atom is -0.501 e. The lowest BCUT2D eigenvalue weighted by atomic mass is 10.3. The van der Waals surface area contributed by atoms with Crippen molar-refractivity contribution in [1.29, 1.82) is 0 Å². The standard InChI is InChI=1S/C9H20N2OS/c1-10(2)6-4-5-7-11(3)8-9(12)13/h4-8H2,1-3H3,(H,12,13). The Morgan fingerprint density at radius 3 is 2.15 bits per heavy atom. The fourth-order valence-corrected chi connectivity index (χ4v) is 1.34. The molecular weight excluding hydrogens is 184 g/mol. The second-order valence-corrected chi connectivity index (χ2v) is 4.11. The van der Waals surface area contributed by atoms with E-state index in [1.54, 1.807) is 0 Å². The first-order chi connectivity index (χ1) is 6.02. The molecule has 0 spiro atoms. The normalized spacial score (nSPS) is 11.2. The summed E-state index contributed by atoms with van der Waals surface area (Å²) in [5.74, 6) is 0. The third-order valence-corrected chi connectivity index (χ3v) is 1.93. The zero-order valence-electron chi connectivity index (χ0n) is 8.79. The Morgan fingerprint density at radius 2 is 1.69 bits per heavy atom. The molecule has 0 aliphatic carbocycles. The van der Waals surface area contributed by atoms with Gasteiger partial charge in [-0.15, -0.1) is 0 Å². The molecule has 0 radical (unpaired) electrons. The summed E-state index contributed by atoms with van der Waals surface area (Å²) in [6, 6.07) is 0. The number of aliphatic hydroxyl groups excluding tert-OH is 1. The maximum atomic E-state index is 8.85. The third-order valence-electron chi connectivity index (χ3n) is 1.80. The summed E-state index contributed by atoms with van der Waals surface area (Å²) < 4.78 is 0. The summed E-state index contributed by atoms with van der Waals surface area (Å²) in [4.78, 5) is 4.22. The largest absolute Gasteiger partial charge is 0.501 e. The number of hydrogen-bond donors (Lipinski definition) is 1. The molecule has 0 aliphatic rings. The van der Waals surface area contributed by atoms with Crippen LogP contribution in [0.2, 0.25) is 0 Å². The molecule has 0 heterocycles. The van der Waals surface area contributed by atoms with Gasteiger partial charge in [0.2, 0.25) is 0 Å². The summed E-state index contributed by atoms with van der Waals surface area (Å²) in [5, 5.41) is 8.93. The smallest absolute Gasteiger partial charge is 0.170 e. The van der Waals surface area contributed by atoms with Gasteiger partial charge in [-0.25, -0.2) is 0 Å². The van der Waals surface area contributed by atoms with Crippen molar-refractivity contribution in [3.05, 3.63) is 0 Å². The fraction of sp³-hybridized carbons (Fsp3) is 0.889. The first kappa shape index (κ1) is 12.8. The van der Waals surface area contributed by atoms with Gasteiger partial charge in [0.25, 0.3) is 0 Å². The van der Waals surface area contributed by atoms with Gasteiger partial charge in [-0.05, 0) is 59.3 Å². The van der Waals surface area contributed by atoms with E-state index in [0.29, 0.717) is 6.54 Å². The maximum absolute atomic E-state index is 8.85. The lowest BCUT2D eigenvalue weighted by Gasteiger charge is -2.15. The molecule has 0 fully saturated rings. The predicted octanol–water partition coefficient (Wildman–Crippen LogP) is 1.15. The molecule has 0 unspecified atom stereocenters. The highest BCUT2D eigenvalue weighted by Crippen LogP contribution is 1.94. The van der Waals surface area contributed by atoms with Crippen LogP contribution in [0.5, 0.6) is 0 Å². The molecule has 13 heavy (non-hydrogen) atoms. The summed E-state index contributed by atoms with van der Waals surface area (Å²) in [7, 11) is 6.12. The first-order valence-corrected chi connectivity index (χ1v) is 4.98. The maximum Gasteiger partial charge on any atom is 0.170 e. The summed E-state index contributed by atoms with van der Waals surface area (Å²) in [6.07, 6.45) is 2.34. The zero-order valence-corrected chi connectivity index (χ0v) is 9.60. The van der Waals surface area contributed by atoms with Crippen molar-refractivity contribution in [1.82, 2.24) is 9.80 Å². The van der Waals surface area contributed by atoms with E-state index in [-0.39, 0.29) is 5.05 Å². The lowest BCUT2D eigenvalue weighted by molar-refractivity contribution is 0.330. The minimum atomic E-state index is 0.0788. The lowest BCUT2D eigenvalue weighted by Crippen LogP contribution is -2.26. The molecule has 0 aromatic heterocycles. The molecule has 0 atom stereocenters. The van der Waals surface area contributed by atoms with Crippen molar-refractivity contribution in [3.8, 4) is 0 Å². The SMILES string of the molecule is CN(C)CCCCN(C)CC(O)=S. The fourth-order valence-electron chi connectivity index (χ4n) is 1.12. The van der Waals surface area contributed by atoms with Crippen LogP contribution in [-0.4, -0.2) is 60.7 Å². The molecule has 0 bridgehead atoms. The van der Waals surface area contributed by atoms with Gasteiger partial charge >= 0.3 is 0 Å². The Balaban J connectivity index is 3.26. The minimum absolute atomic E-state index is 0.0788. The van der Waals surface area contributed by atoms with Crippen LogP contribution in [0.4, 0.5) is 0 Å². The average Bonchev–Trinajstić information content (AvgIpc) is 1.96. The molecule has 78 valence electrons. The summed E-state index contributed by atoms with van der Waals surface area (Å²) in [6.45, 7) is 2.63. The van der Waals surface area contributed by atoms with E-state index >= 15 is 0 Å². The van der Waals surface area contributed by atoms with E-state index in [4.69, 9.17) is 5.11 Å². The Hall–Kier alpha value is -0.190. The zero-order chi connectivity index (χ0) is 10.3. The average molecular weight is 204 g/mol. The molecule has 0 aromatic carbocycles. The van der Waals surface area contributed by atoms with Crippen molar-refractivity contribution >= 4 is 17.3 Å². The second-order valence-electron chi connectivity index (χ2n) is 3.64. The number of likely N-dealkylation sites (N-methyl/N-ethyl adjacent to an activating group) is 1. The van der Waals surface area contributed by atoms with Crippen LogP contribution < -0.4 is 0 Å². The highest BCUT2D eigenvalue weighted by atomic mass is 32.1. The number of unbranched alkanes of at least 4 members (excludes halogenated alkanes) is 1. The quantitative estimate of drug-likeness (QED) is 0.497. The van der Waals surface area contributed by atoms with Gasteiger partial charge in [0.15, 0.2) is 5.05 Å². The van der Waals surface area contributed by atoms with E-state index in [9.17, 15) is 0 Å². The molecule has 1 N–H and O–H groups in total. The van der Waals surface area contributed by atoms with E-state index in [1.807, 2.05) is 11.9 Å². The van der Waals surface area contributed by atoms with Crippen LogP contribution in [0.15, 0.2) is 0 Å². The van der Waals surface area contributed by atoms with Crippen LogP contribution in [0.3, 0.4) is 0 Å². The van der Waals surface area contributed by atoms with Crippen LogP contribution >= 0.6 is 12.2 Å². The Kier molecular flexibility index (Phi) is 7.13. The van der Waals surface area contributed by atoms with Crippen LogP contribution in [0.25, 0.3) is 0 Å². The molecule has 0 amide bonds. The molecule has 0 aliphatic heterocycles. The van der Waals surface area contributed by atoms with Crippen LogP contribution in [0.1, 0.15) is 12.8 Å². The van der Waals surface area contributed by atoms with Crippen molar-refractivity contribution in [2.75, 3.05) is 40.8 Å². The van der Waals surface area contributed by atoms with E-state index in [0.717, 1.165) is 19.5 Å².